The zero-order valence-electron chi connectivity index (χ0n) is 10.4. The van der Waals surface area contributed by atoms with Crippen LogP contribution in [0.4, 0.5) is 4.79 Å². The third-order valence-electron chi connectivity index (χ3n) is 3.08. The lowest BCUT2D eigenvalue weighted by molar-refractivity contribution is -0.139. The average Bonchev–Trinajstić information content (AvgIpc) is 2.71. The van der Waals surface area contributed by atoms with Crippen molar-refractivity contribution < 1.29 is 24.5 Å². The molecule has 0 aromatic rings. The van der Waals surface area contributed by atoms with E-state index in [1.165, 1.54) is 0 Å². The Hall–Kier alpha value is -1.34. The number of ether oxygens (including phenoxy) is 1. The number of hydrogen-bond donors (Lipinski definition) is 4. The number of carboxylic acids is 1. The number of rotatable bonds is 6. The summed E-state index contributed by atoms with van der Waals surface area (Å²) < 4.78 is 5.36. The SMILES string of the molecule is CC1OCCC1CNC(=O)NC(CCO)C(=O)O. The second-order valence-electron chi connectivity index (χ2n) is 4.38. The molecule has 0 spiro atoms. The molecule has 0 aromatic carbocycles. The van der Waals surface area contributed by atoms with Gasteiger partial charge in [-0.1, -0.05) is 0 Å². The van der Waals surface area contributed by atoms with E-state index in [9.17, 15) is 9.59 Å². The Kier molecular flexibility index (Phi) is 5.87. The summed E-state index contributed by atoms with van der Waals surface area (Å²) in [7, 11) is 0. The summed E-state index contributed by atoms with van der Waals surface area (Å²) in [5.74, 6) is -0.895. The maximum absolute atomic E-state index is 11.5. The van der Waals surface area contributed by atoms with Crippen molar-refractivity contribution in [2.45, 2.75) is 31.9 Å². The third kappa shape index (κ3) is 4.50. The van der Waals surface area contributed by atoms with Gasteiger partial charge in [0.2, 0.25) is 0 Å². The Balaban J connectivity index is 2.29. The van der Waals surface area contributed by atoms with Gasteiger partial charge in [-0.05, 0) is 13.3 Å². The number of urea groups is 1. The second kappa shape index (κ2) is 7.17. The van der Waals surface area contributed by atoms with Crippen molar-refractivity contribution in [3.8, 4) is 0 Å². The van der Waals surface area contributed by atoms with Crippen molar-refractivity contribution in [2.75, 3.05) is 19.8 Å². The largest absolute Gasteiger partial charge is 0.480 e. The monoisotopic (exact) mass is 260 g/mol. The molecular weight excluding hydrogens is 240 g/mol. The smallest absolute Gasteiger partial charge is 0.326 e. The highest BCUT2D eigenvalue weighted by atomic mass is 16.5. The van der Waals surface area contributed by atoms with Gasteiger partial charge in [0, 0.05) is 32.1 Å². The Morgan fingerprint density at radius 1 is 1.50 bits per heavy atom. The summed E-state index contributed by atoms with van der Waals surface area (Å²) in [5.41, 5.74) is 0. The third-order valence-corrected chi connectivity index (χ3v) is 3.08. The molecule has 1 saturated heterocycles. The van der Waals surface area contributed by atoms with E-state index in [1.54, 1.807) is 0 Å². The molecule has 2 amide bonds. The molecule has 18 heavy (non-hydrogen) atoms. The molecule has 0 bridgehead atoms. The minimum absolute atomic E-state index is 0.00824. The number of aliphatic carboxylic acids is 1. The number of aliphatic hydroxyl groups excluding tert-OH is 1. The van der Waals surface area contributed by atoms with Crippen molar-refractivity contribution in [3.63, 3.8) is 0 Å². The van der Waals surface area contributed by atoms with Crippen LogP contribution in [0.25, 0.3) is 0 Å². The molecule has 4 N–H and O–H groups in total. The molecule has 7 nitrogen and oxygen atoms in total. The Bertz CT molecular complexity index is 297. The van der Waals surface area contributed by atoms with Gasteiger partial charge in [0.1, 0.15) is 6.04 Å². The highest BCUT2D eigenvalue weighted by Crippen LogP contribution is 2.19. The normalized spacial score (nSPS) is 24.6. The summed E-state index contributed by atoms with van der Waals surface area (Å²) >= 11 is 0. The topological polar surface area (TPSA) is 108 Å². The molecule has 0 radical (unpaired) electrons. The molecule has 7 heteroatoms. The van der Waals surface area contributed by atoms with Gasteiger partial charge < -0.3 is 25.6 Å². The van der Waals surface area contributed by atoms with E-state index in [0.717, 1.165) is 6.42 Å². The summed E-state index contributed by atoms with van der Waals surface area (Å²) in [4.78, 5) is 22.3. The van der Waals surface area contributed by atoms with Gasteiger partial charge in [0.05, 0.1) is 6.10 Å². The molecular formula is C11H20N2O5. The summed E-state index contributed by atoms with van der Waals surface area (Å²) in [6.45, 7) is 2.81. The fraction of sp³-hybridized carbons (Fsp3) is 0.818. The van der Waals surface area contributed by atoms with Crippen LogP contribution in [0.2, 0.25) is 0 Å². The first-order valence-corrected chi connectivity index (χ1v) is 6.04. The molecule has 3 atom stereocenters. The number of amides is 2. The number of nitrogens with one attached hydrogen (secondary N) is 2. The number of aliphatic hydroxyl groups is 1. The van der Waals surface area contributed by atoms with E-state index in [2.05, 4.69) is 10.6 Å². The molecule has 1 aliphatic heterocycles. The van der Waals surface area contributed by atoms with Crippen LogP contribution in [0.15, 0.2) is 0 Å². The van der Waals surface area contributed by atoms with Gasteiger partial charge in [0.25, 0.3) is 0 Å². The minimum Gasteiger partial charge on any atom is -0.480 e. The van der Waals surface area contributed by atoms with Gasteiger partial charge >= 0.3 is 12.0 Å². The minimum atomic E-state index is -1.16. The van der Waals surface area contributed by atoms with Crippen LogP contribution in [-0.4, -0.2) is 54.1 Å². The summed E-state index contributed by atoms with van der Waals surface area (Å²) in [6, 6.07) is -1.60. The Labute approximate surface area is 106 Å². The van der Waals surface area contributed by atoms with E-state index in [0.29, 0.717) is 13.2 Å². The van der Waals surface area contributed by atoms with Crippen LogP contribution < -0.4 is 10.6 Å². The molecule has 0 saturated carbocycles. The fourth-order valence-corrected chi connectivity index (χ4v) is 1.86. The molecule has 1 rings (SSSR count). The van der Waals surface area contributed by atoms with E-state index in [1.807, 2.05) is 6.92 Å². The predicted molar refractivity (Wildman–Crippen MR) is 63.2 cm³/mol. The highest BCUT2D eigenvalue weighted by Gasteiger charge is 2.25. The highest BCUT2D eigenvalue weighted by molar-refractivity contribution is 5.82. The molecule has 0 aromatic heterocycles. The maximum Gasteiger partial charge on any atom is 0.326 e. The molecule has 104 valence electrons. The van der Waals surface area contributed by atoms with Gasteiger partial charge in [-0.25, -0.2) is 9.59 Å². The lowest BCUT2D eigenvalue weighted by atomic mass is 10.0. The lowest BCUT2D eigenvalue weighted by Gasteiger charge is -2.17. The Morgan fingerprint density at radius 2 is 2.22 bits per heavy atom. The Morgan fingerprint density at radius 3 is 2.72 bits per heavy atom. The van der Waals surface area contributed by atoms with Crippen LogP contribution in [0.5, 0.6) is 0 Å². The molecule has 1 heterocycles. The quantitative estimate of drug-likeness (QED) is 0.517. The molecule has 3 unspecified atom stereocenters. The van der Waals surface area contributed by atoms with Gasteiger partial charge in [-0.15, -0.1) is 0 Å². The first-order valence-electron chi connectivity index (χ1n) is 6.04. The zero-order chi connectivity index (χ0) is 13.5. The number of carbonyl (C=O) groups excluding carboxylic acids is 1. The predicted octanol–water partition coefficient (Wildman–Crippen LogP) is -0.454. The second-order valence-corrected chi connectivity index (χ2v) is 4.38. The van der Waals surface area contributed by atoms with Crippen LogP contribution >= 0.6 is 0 Å². The average molecular weight is 260 g/mol. The van der Waals surface area contributed by atoms with E-state index in [4.69, 9.17) is 14.9 Å². The van der Waals surface area contributed by atoms with Crippen LogP contribution in [0.1, 0.15) is 19.8 Å². The van der Waals surface area contributed by atoms with E-state index >= 15 is 0 Å². The van der Waals surface area contributed by atoms with Crippen LogP contribution in [-0.2, 0) is 9.53 Å². The van der Waals surface area contributed by atoms with Crippen molar-refractivity contribution in [1.29, 1.82) is 0 Å². The number of hydrogen-bond acceptors (Lipinski definition) is 4. The standard InChI is InChI=1S/C11H20N2O5/c1-7-8(3-5-18-7)6-12-11(17)13-9(2-4-14)10(15)16/h7-9,14H,2-6H2,1H3,(H,15,16)(H2,12,13,17). The first kappa shape index (κ1) is 14.7. The van der Waals surface area contributed by atoms with Crippen molar-refractivity contribution in [3.05, 3.63) is 0 Å². The lowest BCUT2D eigenvalue weighted by Crippen LogP contribution is -2.47. The fourth-order valence-electron chi connectivity index (χ4n) is 1.86. The number of carbonyl (C=O) groups is 2. The molecule has 1 aliphatic rings. The van der Waals surface area contributed by atoms with Crippen molar-refractivity contribution in [2.24, 2.45) is 5.92 Å². The van der Waals surface area contributed by atoms with Gasteiger partial charge in [0.15, 0.2) is 0 Å². The van der Waals surface area contributed by atoms with Gasteiger partial charge in [-0.3, -0.25) is 0 Å². The number of carboxylic acid groups (broad SMARTS) is 1. The van der Waals surface area contributed by atoms with Crippen LogP contribution in [0.3, 0.4) is 0 Å². The molecule has 0 aliphatic carbocycles. The van der Waals surface area contributed by atoms with Crippen LogP contribution in [0, 0.1) is 5.92 Å². The zero-order valence-corrected chi connectivity index (χ0v) is 10.4. The van der Waals surface area contributed by atoms with Crippen molar-refractivity contribution >= 4 is 12.0 Å². The first-order chi connectivity index (χ1) is 8.54. The van der Waals surface area contributed by atoms with Crippen molar-refractivity contribution in [1.82, 2.24) is 10.6 Å². The summed E-state index contributed by atoms with van der Waals surface area (Å²) in [5, 5.41) is 22.4. The van der Waals surface area contributed by atoms with Gasteiger partial charge in [-0.2, -0.15) is 0 Å². The maximum atomic E-state index is 11.5. The van der Waals surface area contributed by atoms with E-state index in [-0.39, 0.29) is 25.0 Å². The van der Waals surface area contributed by atoms with E-state index < -0.39 is 18.0 Å². The summed E-state index contributed by atoms with van der Waals surface area (Å²) in [6.07, 6.45) is 0.990. The molecule has 1 fully saturated rings.